The lowest BCUT2D eigenvalue weighted by atomic mass is 10.2. The fraction of sp³-hybridized carbons (Fsp3) is 0.174. The van der Waals surface area contributed by atoms with E-state index in [1.54, 1.807) is 16.4 Å². The molecule has 0 saturated carbocycles. The van der Waals surface area contributed by atoms with E-state index in [1.165, 1.54) is 29.9 Å². The number of hydrogen-bond acceptors (Lipinski definition) is 5. The smallest absolute Gasteiger partial charge is 0.244 e. The third-order valence-electron chi connectivity index (χ3n) is 4.13. The Hall–Kier alpha value is -3.45. The minimum Gasteiger partial charge on any atom is -0.492 e. The first-order valence-corrected chi connectivity index (χ1v) is 10.4. The number of amides is 2. The Labute approximate surface area is 179 Å². The Bertz CT molecular complexity index is 1010. The SMILES string of the molecule is CC(=O)N(c1ccccc1)c1nc(/C=C/C(=O)NCCOc2ccc(C)cc2)cs1. The molecule has 3 aromatic rings. The molecule has 3 rings (SSSR count). The first-order valence-electron chi connectivity index (χ1n) is 9.49. The number of para-hydroxylation sites is 1. The van der Waals surface area contributed by atoms with Crippen molar-refractivity contribution < 1.29 is 14.3 Å². The molecule has 0 aliphatic rings. The molecular formula is C23H23N3O3S. The monoisotopic (exact) mass is 421 g/mol. The highest BCUT2D eigenvalue weighted by Crippen LogP contribution is 2.28. The van der Waals surface area contributed by atoms with Crippen molar-refractivity contribution in [3.63, 3.8) is 0 Å². The molecule has 2 amide bonds. The summed E-state index contributed by atoms with van der Waals surface area (Å²) in [6.45, 7) is 4.29. The van der Waals surface area contributed by atoms with Crippen molar-refractivity contribution >= 4 is 40.0 Å². The number of nitrogens with zero attached hydrogens (tertiary/aromatic N) is 2. The Balaban J connectivity index is 1.51. The number of aryl methyl sites for hydroxylation is 1. The second-order valence-electron chi connectivity index (χ2n) is 6.53. The van der Waals surface area contributed by atoms with E-state index in [-0.39, 0.29) is 11.8 Å². The van der Waals surface area contributed by atoms with Crippen LogP contribution in [0.3, 0.4) is 0 Å². The largest absolute Gasteiger partial charge is 0.492 e. The average Bonchev–Trinajstić information content (AvgIpc) is 3.20. The van der Waals surface area contributed by atoms with Crippen LogP contribution in [0.5, 0.6) is 5.75 Å². The van der Waals surface area contributed by atoms with Gasteiger partial charge in [0.05, 0.1) is 17.9 Å². The Morgan fingerprint density at radius 3 is 2.57 bits per heavy atom. The van der Waals surface area contributed by atoms with E-state index in [0.717, 1.165) is 11.4 Å². The Kier molecular flexibility index (Phi) is 7.34. The van der Waals surface area contributed by atoms with Gasteiger partial charge < -0.3 is 10.1 Å². The van der Waals surface area contributed by atoms with Crippen LogP contribution in [-0.4, -0.2) is 29.9 Å². The molecule has 2 aromatic carbocycles. The van der Waals surface area contributed by atoms with Crippen molar-refractivity contribution in [2.45, 2.75) is 13.8 Å². The van der Waals surface area contributed by atoms with Crippen LogP contribution >= 0.6 is 11.3 Å². The van der Waals surface area contributed by atoms with Crippen molar-refractivity contribution in [3.8, 4) is 5.75 Å². The first kappa shape index (κ1) is 21.3. The van der Waals surface area contributed by atoms with Crippen LogP contribution in [0.25, 0.3) is 6.08 Å². The molecule has 7 heteroatoms. The van der Waals surface area contributed by atoms with Crippen LogP contribution in [0.2, 0.25) is 0 Å². The van der Waals surface area contributed by atoms with E-state index in [2.05, 4.69) is 10.3 Å². The summed E-state index contributed by atoms with van der Waals surface area (Å²) in [6.07, 6.45) is 3.05. The summed E-state index contributed by atoms with van der Waals surface area (Å²) in [5.74, 6) is 0.412. The lowest BCUT2D eigenvalue weighted by Gasteiger charge is -2.17. The second-order valence-corrected chi connectivity index (χ2v) is 7.37. The lowest BCUT2D eigenvalue weighted by molar-refractivity contribution is -0.117. The Morgan fingerprint density at radius 2 is 1.87 bits per heavy atom. The normalized spacial score (nSPS) is 10.7. The molecule has 1 N–H and O–H groups in total. The highest BCUT2D eigenvalue weighted by molar-refractivity contribution is 7.14. The van der Waals surface area contributed by atoms with Crippen LogP contribution in [0.1, 0.15) is 18.2 Å². The van der Waals surface area contributed by atoms with Crippen molar-refractivity contribution in [1.82, 2.24) is 10.3 Å². The number of rotatable bonds is 8. The average molecular weight is 422 g/mol. The molecule has 0 spiro atoms. The molecule has 1 aromatic heterocycles. The van der Waals surface area contributed by atoms with E-state index < -0.39 is 0 Å². The van der Waals surface area contributed by atoms with E-state index in [1.807, 2.05) is 61.5 Å². The number of anilines is 2. The van der Waals surface area contributed by atoms with Gasteiger partial charge in [0.25, 0.3) is 0 Å². The molecule has 30 heavy (non-hydrogen) atoms. The van der Waals surface area contributed by atoms with Gasteiger partial charge in [0.2, 0.25) is 11.8 Å². The number of ether oxygens (including phenoxy) is 1. The number of aromatic nitrogens is 1. The number of nitrogens with one attached hydrogen (secondary N) is 1. The van der Waals surface area contributed by atoms with E-state index in [9.17, 15) is 9.59 Å². The molecule has 0 aliphatic heterocycles. The highest BCUT2D eigenvalue weighted by atomic mass is 32.1. The van der Waals surface area contributed by atoms with Crippen molar-refractivity contribution in [1.29, 1.82) is 0 Å². The van der Waals surface area contributed by atoms with E-state index in [0.29, 0.717) is 24.0 Å². The molecule has 6 nitrogen and oxygen atoms in total. The van der Waals surface area contributed by atoms with Gasteiger partial charge in [-0.3, -0.25) is 14.5 Å². The third-order valence-corrected chi connectivity index (χ3v) is 4.97. The van der Waals surface area contributed by atoms with Crippen molar-refractivity contribution in [2.75, 3.05) is 18.1 Å². The highest BCUT2D eigenvalue weighted by Gasteiger charge is 2.17. The minimum atomic E-state index is -0.233. The quantitative estimate of drug-likeness (QED) is 0.434. The summed E-state index contributed by atoms with van der Waals surface area (Å²) in [7, 11) is 0. The number of carbonyl (C=O) groups excluding carboxylic acids is 2. The molecule has 0 radical (unpaired) electrons. The molecule has 0 saturated heterocycles. The van der Waals surface area contributed by atoms with Gasteiger partial charge in [0, 0.05) is 18.4 Å². The summed E-state index contributed by atoms with van der Waals surface area (Å²) in [5.41, 5.74) is 2.53. The van der Waals surface area contributed by atoms with Gasteiger partial charge in [0.1, 0.15) is 12.4 Å². The van der Waals surface area contributed by atoms with Crippen LogP contribution in [0.15, 0.2) is 66.1 Å². The summed E-state index contributed by atoms with van der Waals surface area (Å²) in [6, 6.07) is 17.1. The summed E-state index contributed by atoms with van der Waals surface area (Å²) in [4.78, 5) is 30.1. The summed E-state index contributed by atoms with van der Waals surface area (Å²) >= 11 is 1.34. The molecule has 154 valence electrons. The number of benzene rings is 2. The zero-order valence-corrected chi connectivity index (χ0v) is 17.7. The zero-order valence-electron chi connectivity index (χ0n) is 16.9. The molecule has 0 aliphatic carbocycles. The maximum Gasteiger partial charge on any atom is 0.244 e. The molecule has 1 heterocycles. The van der Waals surface area contributed by atoms with Gasteiger partial charge in [-0.25, -0.2) is 4.98 Å². The van der Waals surface area contributed by atoms with Crippen LogP contribution in [-0.2, 0) is 9.59 Å². The van der Waals surface area contributed by atoms with Gasteiger partial charge in [-0.1, -0.05) is 35.9 Å². The maximum atomic E-state index is 12.1. The van der Waals surface area contributed by atoms with E-state index >= 15 is 0 Å². The predicted octanol–water partition coefficient (Wildman–Crippen LogP) is 4.34. The summed E-state index contributed by atoms with van der Waals surface area (Å²) in [5, 5.41) is 5.13. The molecular weight excluding hydrogens is 398 g/mol. The number of thiazole rings is 1. The van der Waals surface area contributed by atoms with Crippen LogP contribution < -0.4 is 15.0 Å². The van der Waals surface area contributed by atoms with Gasteiger partial charge in [-0.2, -0.15) is 0 Å². The van der Waals surface area contributed by atoms with Gasteiger partial charge >= 0.3 is 0 Å². The molecule has 0 fully saturated rings. The number of carbonyl (C=O) groups is 2. The molecule has 0 unspecified atom stereocenters. The zero-order chi connectivity index (χ0) is 21.3. The Morgan fingerprint density at radius 1 is 1.13 bits per heavy atom. The standard InChI is InChI=1S/C23H23N3O3S/c1-17-8-11-21(12-9-17)29-15-14-24-22(28)13-10-19-16-30-23(25-19)26(18(2)27)20-6-4-3-5-7-20/h3-13,16H,14-15H2,1-2H3,(H,24,28)/b13-10+. The summed E-state index contributed by atoms with van der Waals surface area (Å²) < 4.78 is 5.58. The van der Waals surface area contributed by atoms with Gasteiger partial charge in [-0.05, 0) is 37.3 Å². The number of hydrogen-bond donors (Lipinski definition) is 1. The van der Waals surface area contributed by atoms with Crippen LogP contribution in [0, 0.1) is 6.92 Å². The first-order chi connectivity index (χ1) is 14.5. The third kappa shape index (κ3) is 6.02. The van der Waals surface area contributed by atoms with Gasteiger partial charge in [-0.15, -0.1) is 11.3 Å². The maximum absolute atomic E-state index is 12.1. The molecule has 0 atom stereocenters. The second kappa shape index (κ2) is 10.4. The fourth-order valence-electron chi connectivity index (χ4n) is 2.66. The van der Waals surface area contributed by atoms with Crippen molar-refractivity contribution in [2.24, 2.45) is 0 Å². The predicted molar refractivity (Wildman–Crippen MR) is 120 cm³/mol. The minimum absolute atomic E-state index is 0.127. The van der Waals surface area contributed by atoms with Crippen LogP contribution in [0.4, 0.5) is 10.8 Å². The van der Waals surface area contributed by atoms with E-state index in [4.69, 9.17) is 4.74 Å². The fourth-order valence-corrected chi connectivity index (χ4v) is 3.51. The lowest BCUT2D eigenvalue weighted by Crippen LogP contribution is -2.26. The van der Waals surface area contributed by atoms with Crippen molar-refractivity contribution in [3.05, 3.63) is 77.3 Å². The van der Waals surface area contributed by atoms with Gasteiger partial charge in [0.15, 0.2) is 5.13 Å². The topological polar surface area (TPSA) is 71.5 Å². The molecule has 0 bridgehead atoms.